The molecule has 1 aromatic rings. The van der Waals surface area contributed by atoms with Crippen LogP contribution in [0.5, 0.6) is 0 Å². The van der Waals surface area contributed by atoms with E-state index in [2.05, 4.69) is 31.5 Å². The van der Waals surface area contributed by atoms with Crippen molar-refractivity contribution in [2.24, 2.45) is 0 Å². The van der Waals surface area contributed by atoms with E-state index >= 15 is 0 Å². The molecule has 0 heterocycles. The van der Waals surface area contributed by atoms with Crippen LogP contribution in [-0.4, -0.2) is 7.05 Å². The van der Waals surface area contributed by atoms with Gasteiger partial charge in [0, 0.05) is 24.0 Å². The van der Waals surface area contributed by atoms with Crippen molar-refractivity contribution in [3.8, 4) is 0 Å². The first kappa shape index (κ1) is 13.1. The van der Waals surface area contributed by atoms with Crippen LogP contribution in [0, 0.1) is 0 Å². The minimum atomic E-state index is 0.750. The lowest BCUT2D eigenvalue weighted by Gasteiger charge is -2.14. The Bertz CT molecular complexity index is 482. The summed E-state index contributed by atoms with van der Waals surface area (Å²) in [5.74, 6) is 0. The van der Waals surface area contributed by atoms with Crippen LogP contribution < -0.4 is 11.1 Å². The second kappa shape index (κ2) is 5.39. The summed E-state index contributed by atoms with van der Waals surface area (Å²) in [6, 6.07) is 5.89. The topological polar surface area (TPSA) is 38.0 Å². The molecule has 2 heteroatoms. The maximum Gasteiger partial charge on any atom is 0.0393 e. The first-order valence-corrected chi connectivity index (χ1v) is 5.58. The number of nitrogens with one attached hydrogen (secondary N) is 1. The number of nitrogen functional groups attached to an aromatic ring is 1. The summed E-state index contributed by atoms with van der Waals surface area (Å²) in [6.07, 6.45) is 1.80. The summed E-state index contributed by atoms with van der Waals surface area (Å²) >= 11 is 0. The number of rotatable bonds is 4. The lowest BCUT2D eigenvalue weighted by Crippen LogP contribution is -2.06. The molecule has 0 saturated heterocycles. The molecular formula is C15H20N2. The summed E-state index contributed by atoms with van der Waals surface area (Å²) in [5.41, 5.74) is 12.0. The number of likely N-dealkylation sites (N-methyl/N-ethyl adjacent to an activating group) is 1. The van der Waals surface area contributed by atoms with Crippen molar-refractivity contribution in [2.75, 3.05) is 12.8 Å². The van der Waals surface area contributed by atoms with E-state index in [0.717, 1.165) is 33.7 Å². The Morgan fingerprint density at radius 3 is 2.53 bits per heavy atom. The number of hydrogen-bond acceptors (Lipinski definition) is 2. The molecule has 0 aromatic heterocycles. The van der Waals surface area contributed by atoms with Gasteiger partial charge in [0.15, 0.2) is 0 Å². The van der Waals surface area contributed by atoms with Gasteiger partial charge in [0.1, 0.15) is 0 Å². The van der Waals surface area contributed by atoms with Gasteiger partial charge in [-0.2, -0.15) is 0 Å². The van der Waals surface area contributed by atoms with Crippen molar-refractivity contribution in [2.45, 2.75) is 13.8 Å². The number of anilines is 1. The molecule has 0 spiro atoms. The second-order valence-electron chi connectivity index (χ2n) is 3.99. The van der Waals surface area contributed by atoms with Crippen LogP contribution in [0.4, 0.5) is 5.69 Å². The highest BCUT2D eigenvalue weighted by atomic mass is 14.8. The largest absolute Gasteiger partial charge is 0.398 e. The van der Waals surface area contributed by atoms with Crippen molar-refractivity contribution in [1.82, 2.24) is 5.32 Å². The Hall–Kier alpha value is -1.96. The molecule has 0 amide bonds. The van der Waals surface area contributed by atoms with Gasteiger partial charge in [0.25, 0.3) is 0 Å². The van der Waals surface area contributed by atoms with E-state index in [0.29, 0.717) is 0 Å². The van der Waals surface area contributed by atoms with Crippen LogP contribution in [0.25, 0.3) is 11.6 Å². The van der Waals surface area contributed by atoms with E-state index < -0.39 is 0 Å². The number of allylic oxidation sites excluding steroid dienone is 2. The Kier molecular flexibility index (Phi) is 4.16. The zero-order valence-electron chi connectivity index (χ0n) is 10.8. The van der Waals surface area contributed by atoms with Crippen molar-refractivity contribution < 1.29 is 0 Å². The molecular weight excluding hydrogens is 208 g/mol. The van der Waals surface area contributed by atoms with Gasteiger partial charge in [0.05, 0.1) is 0 Å². The average molecular weight is 228 g/mol. The van der Waals surface area contributed by atoms with E-state index in [1.54, 1.807) is 6.08 Å². The highest BCUT2D eigenvalue weighted by Crippen LogP contribution is 2.28. The highest BCUT2D eigenvalue weighted by molar-refractivity contribution is 5.81. The quantitative estimate of drug-likeness (QED) is 0.612. The molecule has 1 aromatic carbocycles. The predicted octanol–water partition coefficient (Wildman–Crippen LogP) is 3.44. The monoisotopic (exact) mass is 228 g/mol. The third kappa shape index (κ3) is 2.59. The zero-order chi connectivity index (χ0) is 13.0. The van der Waals surface area contributed by atoms with Crippen molar-refractivity contribution in [3.63, 3.8) is 0 Å². The summed E-state index contributed by atoms with van der Waals surface area (Å²) in [7, 11) is 1.87. The normalized spacial score (nSPS) is 11.7. The summed E-state index contributed by atoms with van der Waals surface area (Å²) < 4.78 is 0. The first-order valence-electron chi connectivity index (χ1n) is 5.58. The van der Waals surface area contributed by atoms with Gasteiger partial charge >= 0.3 is 0 Å². The Labute approximate surface area is 104 Å². The van der Waals surface area contributed by atoms with E-state index in [4.69, 9.17) is 5.73 Å². The third-order valence-electron chi connectivity index (χ3n) is 3.06. The fourth-order valence-electron chi connectivity index (χ4n) is 1.75. The fraction of sp³-hybridized carbons (Fsp3) is 0.200. The van der Waals surface area contributed by atoms with Crippen LogP contribution in [0.2, 0.25) is 0 Å². The zero-order valence-corrected chi connectivity index (χ0v) is 10.8. The molecule has 0 radical (unpaired) electrons. The van der Waals surface area contributed by atoms with E-state index in [1.165, 1.54) is 0 Å². The summed E-state index contributed by atoms with van der Waals surface area (Å²) in [5, 5.41) is 3.06. The highest BCUT2D eigenvalue weighted by Gasteiger charge is 2.08. The van der Waals surface area contributed by atoms with Crippen LogP contribution in [0.15, 0.2) is 42.6 Å². The van der Waals surface area contributed by atoms with E-state index in [1.807, 2.05) is 26.1 Å². The van der Waals surface area contributed by atoms with Gasteiger partial charge in [-0.15, -0.1) is 0 Å². The molecule has 3 N–H and O–H groups in total. The van der Waals surface area contributed by atoms with Crippen LogP contribution >= 0.6 is 0 Å². The molecule has 2 nitrogen and oxygen atoms in total. The van der Waals surface area contributed by atoms with Crippen molar-refractivity contribution >= 4 is 17.3 Å². The van der Waals surface area contributed by atoms with Crippen LogP contribution in [0.3, 0.4) is 0 Å². The van der Waals surface area contributed by atoms with E-state index in [-0.39, 0.29) is 0 Å². The van der Waals surface area contributed by atoms with Gasteiger partial charge in [-0.1, -0.05) is 31.4 Å². The van der Waals surface area contributed by atoms with Gasteiger partial charge in [0.2, 0.25) is 0 Å². The third-order valence-corrected chi connectivity index (χ3v) is 3.06. The minimum Gasteiger partial charge on any atom is -0.398 e. The molecule has 0 saturated carbocycles. The smallest absolute Gasteiger partial charge is 0.0393 e. The summed E-state index contributed by atoms with van der Waals surface area (Å²) in [4.78, 5) is 0. The molecule has 0 aliphatic heterocycles. The molecule has 0 fully saturated rings. The fourth-order valence-corrected chi connectivity index (χ4v) is 1.75. The summed E-state index contributed by atoms with van der Waals surface area (Å²) in [6.45, 7) is 11.9. The SMILES string of the molecule is C=Cc1c(N)cccc1/C(C)=C(\C)C(=C)NC. The average Bonchev–Trinajstić information content (AvgIpc) is 2.35. The number of hydrogen-bond donors (Lipinski definition) is 2. The molecule has 1 rings (SSSR count). The maximum absolute atomic E-state index is 5.95. The molecule has 17 heavy (non-hydrogen) atoms. The second-order valence-corrected chi connectivity index (χ2v) is 3.99. The molecule has 0 atom stereocenters. The minimum absolute atomic E-state index is 0.750. The first-order chi connectivity index (χ1) is 8.02. The number of benzene rings is 1. The van der Waals surface area contributed by atoms with Crippen molar-refractivity contribution in [3.05, 3.63) is 53.8 Å². The molecule has 0 aliphatic carbocycles. The van der Waals surface area contributed by atoms with Gasteiger partial charge in [-0.25, -0.2) is 0 Å². The van der Waals surface area contributed by atoms with Crippen LogP contribution in [0.1, 0.15) is 25.0 Å². The number of nitrogens with two attached hydrogens (primary N) is 1. The molecule has 0 unspecified atom stereocenters. The van der Waals surface area contributed by atoms with Gasteiger partial charge in [-0.05, 0) is 36.6 Å². The Morgan fingerprint density at radius 1 is 1.35 bits per heavy atom. The lowest BCUT2D eigenvalue weighted by atomic mass is 9.95. The molecule has 0 aliphatic rings. The van der Waals surface area contributed by atoms with Crippen molar-refractivity contribution in [1.29, 1.82) is 0 Å². The van der Waals surface area contributed by atoms with Gasteiger partial charge < -0.3 is 11.1 Å². The predicted molar refractivity (Wildman–Crippen MR) is 77.4 cm³/mol. The van der Waals surface area contributed by atoms with E-state index in [9.17, 15) is 0 Å². The Balaban J connectivity index is 3.39. The standard InChI is InChI=1S/C15H20N2/c1-6-13-14(8-7-9-15(13)16)11(3)10(2)12(4)17-5/h6-9,17H,1,4,16H2,2-3,5H3/b11-10+. The Morgan fingerprint density at radius 2 is 2.00 bits per heavy atom. The van der Waals surface area contributed by atoms with Crippen LogP contribution in [-0.2, 0) is 0 Å². The van der Waals surface area contributed by atoms with Gasteiger partial charge in [-0.3, -0.25) is 0 Å². The maximum atomic E-state index is 5.95. The lowest BCUT2D eigenvalue weighted by molar-refractivity contribution is 1.01. The molecule has 90 valence electrons. The molecule has 0 bridgehead atoms.